The summed E-state index contributed by atoms with van der Waals surface area (Å²) in [7, 11) is 0. The second-order valence-electron chi connectivity index (χ2n) is 2.67. The second kappa shape index (κ2) is 4.13. The van der Waals surface area contributed by atoms with Crippen LogP contribution in [0.2, 0.25) is 0 Å². The largest absolute Gasteiger partial charge is 0.399 e. The highest BCUT2D eigenvalue weighted by atomic mass is 15.3. The van der Waals surface area contributed by atoms with Gasteiger partial charge in [0, 0.05) is 16.9 Å². The predicted molar refractivity (Wildman–Crippen MR) is 57.9 cm³/mol. The summed E-state index contributed by atoms with van der Waals surface area (Å²) in [6, 6.07) is 5.07. The van der Waals surface area contributed by atoms with Crippen LogP contribution >= 0.6 is 0 Å². The van der Waals surface area contributed by atoms with Gasteiger partial charge in [0.05, 0.1) is 6.21 Å². The summed E-state index contributed by atoms with van der Waals surface area (Å²) < 4.78 is 0. The number of nitrogens with two attached hydrogens (primary N) is 3. The standard InChI is InChI=1S/C8H12N6/c9-6-1-2-7(10)5(3-6)4-13-14-8(11)12/h1-4H,9-10H2,(H4,11,12,14)/b13-4+. The average Bonchev–Trinajstić information content (AvgIpc) is 2.10. The smallest absolute Gasteiger partial charge is 0.206 e. The molecular formula is C8H12N6. The number of hydrogen-bond donors (Lipinski definition) is 5. The van der Waals surface area contributed by atoms with E-state index in [-0.39, 0.29) is 5.96 Å². The third-order valence-electron chi connectivity index (χ3n) is 1.50. The number of nitrogens with one attached hydrogen (secondary N) is 2. The van der Waals surface area contributed by atoms with E-state index in [9.17, 15) is 0 Å². The zero-order valence-electron chi connectivity index (χ0n) is 7.49. The molecule has 0 aliphatic carbocycles. The first-order valence-electron chi connectivity index (χ1n) is 3.87. The predicted octanol–water partition coefficient (Wildman–Crippen LogP) is -0.332. The number of hydrogen-bond acceptors (Lipinski definition) is 4. The van der Waals surface area contributed by atoms with Crippen molar-refractivity contribution >= 4 is 23.5 Å². The maximum absolute atomic E-state index is 6.85. The van der Waals surface area contributed by atoms with E-state index in [1.807, 2.05) is 0 Å². The van der Waals surface area contributed by atoms with Crippen molar-refractivity contribution < 1.29 is 0 Å². The van der Waals surface area contributed by atoms with Crippen molar-refractivity contribution in [1.29, 1.82) is 5.41 Å². The summed E-state index contributed by atoms with van der Waals surface area (Å²) in [5.74, 6) is -0.233. The molecule has 0 atom stereocenters. The fourth-order valence-corrected chi connectivity index (χ4v) is 0.876. The summed E-state index contributed by atoms with van der Waals surface area (Å²) >= 11 is 0. The molecule has 14 heavy (non-hydrogen) atoms. The van der Waals surface area contributed by atoms with E-state index in [1.54, 1.807) is 18.2 Å². The van der Waals surface area contributed by atoms with Gasteiger partial charge in [0.25, 0.3) is 0 Å². The molecule has 74 valence electrons. The first-order chi connectivity index (χ1) is 6.59. The normalized spacial score (nSPS) is 10.3. The molecule has 0 spiro atoms. The number of hydrazone groups is 1. The first kappa shape index (κ1) is 9.85. The Hall–Kier alpha value is -2.24. The van der Waals surface area contributed by atoms with Crippen LogP contribution in [0.25, 0.3) is 0 Å². The third-order valence-corrected chi connectivity index (χ3v) is 1.50. The summed E-state index contributed by atoms with van der Waals surface area (Å²) in [5.41, 5.74) is 20.3. The fraction of sp³-hybridized carbons (Fsp3) is 0. The molecule has 0 aliphatic rings. The van der Waals surface area contributed by atoms with Gasteiger partial charge in [-0.05, 0) is 18.2 Å². The van der Waals surface area contributed by atoms with Crippen LogP contribution in [0.15, 0.2) is 23.3 Å². The molecule has 1 aromatic rings. The molecule has 8 N–H and O–H groups in total. The maximum atomic E-state index is 6.85. The van der Waals surface area contributed by atoms with Gasteiger partial charge in [-0.25, -0.2) is 5.43 Å². The highest BCUT2D eigenvalue weighted by Gasteiger charge is 1.95. The lowest BCUT2D eigenvalue weighted by Gasteiger charge is -2.01. The van der Waals surface area contributed by atoms with Crippen molar-refractivity contribution in [2.45, 2.75) is 0 Å². The lowest BCUT2D eigenvalue weighted by molar-refractivity contribution is 1.00. The minimum atomic E-state index is -0.233. The minimum Gasteiger partial charge on any atom is -0.399 e. The zero-order chi connectivity index (χ0) is 10.6. The first-order valence-corrected chi connectivity index (χ1v) is 3.87. The molecule has 6 nitrogen and oxygen atoms in total. The number of nitrogens with zero attached hydrogens (tertiary/aromatic N) is 1. The molecule has 0 fully saturated rings. The number of nitrogen functional groups attached to an aromatic ring is 2. The SMILES string of the molecule is N=C(N)N/N=C/c1cc(N)ccc1N. The van der Waals surface area contributed by atoms with Crippen molar-refractivity contribution in [3.05, 3.63) is 23.8 Å². The molecule has 0 heterocycles. The van der Waals surface area contributed by atoms with Crippen LogP contribution in [-0.2, 0) is 0 Å². The van der Waals surface area contributed by atoms with E-state index in [0.29, 0.717) is 16.9 Å². The summed E-state index contributed by atoms with van der Waals surface area (Å²) in [5, 5.41) is 10.5. The highest BCUT2D eigenvalue weighted by Crippen LogP contribution is 2.12. The Balaban J connectivity index is 2.80. The van der Waals surface area contributed by atoms with Gasteiger partial charge in [-0.15, -0.1) is 0 Å². The molecule has 0 saturated carbocycles. The summed E-state index contributed by atoms with van der Waals surface area (Å²) in [6.07, 6.45) is 1.45. The van der Waals surface area contributed by atoms with E-state index in [1.165, 1.54) is 6.21 Å². The summed E-state index contributed by atoms with van der Waals surface area (Å²) in [4.78, 5) is 0. The van der Waals surface area contributed by atoms with Crippen LogP contribution in [0.4, 0.5) is 11.4 Å². The van der Waals surface area contributed by atoms with E-state index in [0.717, 1.165) is 0 Å². The van der Waals surface area contributed by atoms with Crippen LogP contribution < -0.4 is 22.6 Å². The van der Waals surface area contributed by atoms with Crippen molar-refractivity contribution in [3.8, 4) is 0 Å². The molecule has 0 bridgehead atoms. The van der Waals surface area contributed by atoms with Crippen molar-refractivity contribution in [2.75, 3.05) is 11.5 Å². The Labute approximate surface area is 81.3 Å². The molecular weight excluding hydrogens is 180 g/mol. The van der Waals surface area contributed by atoms with E-state index in [2.05, 4.69) is 10.5 Å². The molecule has 0 saturated heterocycles. The third kappa shape index (κ3) is 2.67. The number of rotatable bonds is 2. The molecule has 1 aromatic carbocycles. The quantitative estimate of drug-likeness (QED) is 0.190. The number of guanidine groups is 1. The molecule has 0 amide bonds. The van der Waals surface area contributed by atoms with Gasteiger partial charge < -0.3 is 17.2 Å². The molecule has 1 rings (SSSR count). The fourth-order valence-electron chi connectivity index (χ4n) is 0.876. The Bertz CT molecular complexity index is 370. The topological polar surface area (TPSA) is 126 Å². The van der Waals surface area contributed by atoms with Gasteiger partial charge in [-0.1, -0.05) is 0 Å². The van der Waals surface area contributed by atoms with Gasteiger partial charge in [0.15, 0.2) is 0 Å². The zero-order valence-corrected chi connectivity index (χ0v) is 7.49. The van der Waals surface area contributed by atoms with Gasteiger partial charge in [0.2, 0.25) is 5.96 Å². The Morgan fingerprint density at radius 1 is 1.43 bits per heavy atom. The van der Waals surface area contributed by atoms with Crippen LogP contribution in [0.1, 0.15) is 5.56 Å². The molecule has 0 aliphatic heterocycles. The van der Waals surface area contributed by atoms with Crippen LogP contribution in [0, 0.1) is 5.41 Å². The number of anilines is 2. The van der Waals surface area contributed by atoms with Crippen LogP contribution in [0.5, 0.6) is 0 Å². The Morgan fingerprint density at radius 3 is 2.79 bits per heavy atom. The highest BCUT2D eigenvalue weighted by molar-refractivity contribution is 5.89. The number of benzene rings is 1. The minimum absolute atomic E-state index is 0.233. The molecule has 0 aromatic heterocycles. The molecule has 0 radical (unpaired) electrons. The molecule has 0 unspecified atom stereocenters. The Kier molecular flexibility index (Phi) is 2.90. The van der Waals surface area contributed by atoms with Crippen molar-refractivity contribution in [3.63, 3.8) is 0 Å². The van der Waals surface area contributed by atoms with E-state index in [4.69, 9.17) is 22.6 Å². The van der Waals surface area contributed by atoms with Crippen molar-refractivity contribution in [1.82, 2.24) is 5.43 Å². The second-order valence-corrected chi connectivity index (χ2v) is 2.67. The van der Waals surface area contributed by atoms with Crippen LogP contribution in [0.3, 0.4) is 0 Å². The van der Waals surface area contributed by atoms with Gasteiger partial charge in [-0.3, -0.25) is 5.41 Å². The lowest BCUT2D eigenvalue weighted by atomic mass is 10.2. The maximum Gasteiger partial charge on any atom is 0.206 e. The average molecular weight is 192 g/mol. The molecule has 6 heteroatoms. The van der Waals surface area contributed by atoms with Gasteiger partial charge >= 0.3 is 0 Å². The van der Waals surface area contributed by atoms with Gasteiger partial charge in [-0.2, -0.15) is 5.10 Å². The lowest BCUT2D eigenvalue weighted by Crippen LogP contribution is -2.25. The van der Waals surface area contributed by atoms with Crippen LogP contribution in [-0.4, -0.2) is 12.2 Å². The van der Waals surface area contributed by atoms with E-state index < -0.39 is 0 Å². The monoisotopic (exact) mass is 192 g/mol. The summed E-state index contributed by atoms with van der Waals surface area (Å²) in [6.45, 7) is 0. The van der Waals surface area contributed by atoms with Gasteiger partial charge in [0.1, 0.15) is 0 Å². The van der Waals surface area contributed by atoms with Crippen molar-refractivity contribution in [2.24, 2.45) is 10.8 Å². The Morgan fingerprint density at radius 2 is 2.14 bits per heavy atom. The van der Waals surface area contributed by atoms with E-state index >= 15 is 0 Å².